The molecule has 0 unspecified atom stereocenters. The molecule has 31 heavy (non-hydrogen) atoms. The third-order valence-electron chi connectivity index (χ3n) is 4.85. The van der Waals surface area contributed by atoms with Crippen LogP contribution in [0.15, 0.2) is 83.3 Å². The van der Waals surface area contributed by atoms with Crippen LogP contribution in [0.3, 0.4) is 0 Å². The summed E-state index contributed by atoms with van der Waals surface area (Å²) in [5.41, 5.74) is 2.17. The van der Waals surface area contributed by atoms with E-state index in [-0.39, 0.29) is 6.29 Å². The van der Waals surface area contributed by atoms with Crippen LogP contribution >= 0.6 is 0 Å². The Bertz CT molecular complexity index is 918. The van der Waals surface area contributed by atoms with E-state index < -0.39 is 9.84 Å². The molecule has 0 aromatic heterocycles. The van der Waals surface area contributed by atoms with Crippen molar-refractivity contribution in [2.75, 3.05) is 20.8 Å². The maximum absolute atomic E-state index is 12.7. The van der Waals surface area contributed by atoms with E-state index in [9.17, 15) is 8.42 Å². The zero-order valence-corrected chi connectivity index (χ0v) is 19.4. The minimum atomic E-state index is -3.48. The Morgan fingerprint density at radius 2 is 1.65 bits per heavy atom. The van der Waals surface area contributed by atoms with Crippen molar-refractivity contribution in [3.63, 3.8) is 0 Å². The molecule has 0 aliphatic heterocycles. The van der Waals surface area contributed by atoms with Gasteiger partial charge in [0.1, 0.15) is 0 Å². The Kier molecular flexibility index (Phi) is 10.5. The molecule has 0 heterocycles. The summed E-state index contributed by atoms with van der Waals surface area (Å²) in [5.74, 6) is 0. The van der Waals surface area contributed by atoms with Gasteiger partial charge in [-0.1, -0.05) is 54.1 Å². The number of aryl methyl sites for hydroxylation is 1. The number of hydrogen-bond donors (Lipinski definition) is 0. The van der Waals surface area contributed by atoms with E-state index >= 15 is 0 Å². The van der Waals surface area contributed by atoms with Crippen LogP contribution in [0, 0.1) is 6.92 Å². The van der Waals surface area contributed by atoms with E-state index in [1.807, 2.05) is 55.5 Å². The monoisotopic (exact) mass is 443 g/mol. The highest BCUT2D eigenvalue weighted by molar-refractivity contribution is 7.94. The molecule has 0 bridgehead atoms. The molecule has 0 amide bonds. The van der Waals surface area contributed by atoms with E-state index in [4.69, 9.17) is 9.47 Å². The summed E-state index contributed by atoms with van der Waals surface area (Å²) in [7, 11) is -0.264. The van der Waals surface area contributed by atoms with Gasteiger partial charge in [0.05, 0.1) is 10.3 Å². The number of ether oxygens (including phenoxy) is 2. The second-order valence-electron chi connectivity index (χ2n) is 7.36. The molecule has 0 saturated carbocycles. The van der Waals surface area contributed by atoms with Gasteiger partial charge in [-0.3, -0.25) is 0 Å². The van der Waals surface area contributed by atoms with E-state index in [1.54, 1.807) is 32.6 Å². The van der Waals surface area contributed by atoms with Crippen molar-refractivity contribution < 1.29 is 17.9 Å². The number of hydrogen-bond acceptors (Lipinski definition) is 5. The summed E-state index contributed by atoms with van der Waals surface area (Å²) in [4.78, 5) is 2.36. The Morgan fingerprint density at radius 3 is 2.29 bits per heavy atom. The molecule has 2 aromatic rings. The van der Waals surface area contributed by atoms with Gasteiger partial charge in [0.15, 0.2) is 6.29 Å². The van der Waals surface area contributed by atoms with Gasteiger partial charge in [-0.05, 0) is 50.0 Å². The van der Waals surface area contributed by atoms with Gasteiger partial charge in [-0.25, -0.2) is 8.42 Å². The smallest absolute Gasteiger partial charge is 0.201 e. The lowest BCUT2D eigenvalue weighted by molar-refractivity contribution is -0.0667. The zero-order valence-electron chi connectivity index (χ0n) is 18.6. The Balaban J connectivity index is 1.99. The van der Waals surface area contributed by atoms with Crippen molar-refractivity contribution in [2.24, 2.45) is 0 Å². The zero-order chi connectivity index (χ0) is 22.5. The number of benzene rings is 2. The highest BCUT2D eigenvalue weighted by Crippen LogP contribution is 2.15. The first-order valence-corrected chi connectivity index (χ1v) is 12.0. The molecule has 0 atom stereocenters. The van der Waals surface area contributed by atoms with Crippen LogP contribution in [0.1, 0.15) is 30.4 Å². The van der Waals surface area contributed by atoms with Crippen LogP contribution in [0.25, 0.3) is 0 Å². The van der Waals surface area contributed by atoms with Gasteiger partial charge in [-0.15, -0.1) is 0 Å². The summed E-state index contributed by atoms with van der Waals surface area (Å²) in [6.07, 6.45) is 8.17. The molecule has 0 spiro atoms. The summed E-state index contributed by atoms with van der Waals surface area (Å²) in [6.45, 7) is 3.36. The average Bonchev–Trinajstić information content (AvgIpc) is 2.78. The lowest BCUT2D eigenvalue weighted by Gasteiger charge is -2.20. The predicted molar refractivity (Wildman–Crippen MR) is 125 cm³/mol. The standard InChI is InChI=1S/C25H33NO4S/c1-22-14-16-24(17-15-22)31(27,28)20-19-26(21-23-11-7-6-8-12-23)18-10-5-4-9-13-25(29-2)30-3/h6-9,11-17,19-20,25H,4-5,10,18,21H2,1-3H3/b13-9+,20-19+. The first-order chi connectivity index (χ1) is 14.9. The van der Waals surface area contributed by atoms with Crippen molar-refractivity contribution in [3.05, 3.63) is 89.5 Å². The van der Waals surface area contributed by atoms with Crippen molar-refractivity contribution in [1.29, 1.82) is 0 Å². The quantitative estimate of drug-likeness (QED) is 0.245. The molecule has 0 aliphatic carbocycles. The SMILES string of the molecule is COC(/C=C/CCCCN(/C=C/S(=O)(=O)c1ccc(C)cc1)Cc1ccccc1)OC. The predicted octanol–water partition coefficient (Wildman–Crippen LogP) is 5.09. The highest BCUT2D eigenvalue weighted by atomic mass is 32.2. The van der Waals surface area contributed by atoms with E-state index in [2.05, 4.69) is 11.0 Å². The molecule has 6 heteroatoms. The average molecular weight is 444 g/mol. The number of sulfone groups is 1. The molecule has 0 saturated heterocycles. The molecule has 5 nitrogen and oxygen atoms in total. The largest absolute Gasteiger partial charge is 0.372 e. The fourth-order valence-corrected chi connectivity index (χ4v) is 4.04. The summed E-state index contributed by atoms with van der Waals surface area (Å²) >= 11 is 0. The van der Waals surface area contributed by atoms with Crippen LogP contribution in [0.2, 0.25) is 0 Å². The van der Waals surface area contributed by atoms with Gasteiger partial charge in [0.25, 0.3) is 0 Å². The van der Waals surface area contributed by atoms with Crippen LogP contribution in [-0.2, 0) is 25.9 Å². The van der Waals surface area contributed by atoms with E-state index in [0.29, 0.717) is 11.4 Å². The molecule has 0 fully saturated rings. The molecule has 168 valence electrons. The number of allylic oxidation sites excluding steroid dienone is 1. The van der Waals surface area contributed by atoms with E-state index in [1.165, 1.54) is 5.41 Å². The minimum absolute atomic E-state index is 0.310. The van der Waals surface area contributed by atoms with Gasteiger partial charge in [0.2, 0.25) is 9.84 Å². The Labute approximate surface area is 186 Å². The first kappa shape index (κ1) is 24.9. The maximum Gasteiger partial charge on any atom is 0.201 e. The topological polar surface area (TPSA) is 55.8 Å². The number of rotatable bonds is 13. The lowest BCUT2D eigenvalue weighted by Crippen LogP contribution is -2.18. The highest BCUT2D eigenvalue weighted by Gasteiger charge is 2.11. The molecular weight excluding hydrogens is 410 g/mol. The summed E-state index contributed by atoms with van der Waals surface area (Å²) < 4.78 is 35.6. The summed E-state index contributed by atoms with van der Waals surface area (Å²) in [6, 6.07) is 17.0. The van der Waals surface area contributed by atoms with Crippen molar-refractivity contribution in [1.82, 2.24) is 4.90 Å². The molecular formula is C25H33NO4S. The molecule has 0 radical (unpaired) electrons. The Morgan fingerprint density at radius 1 is 0.968 bits per heavy atom. The van der Waals surface area contributed by atoms with Crippen molar-refractivity contribution in [2.45, 2.75) is 43.9 Å². The van der Waals surface area contributed by atoms with Gasteiger partial charge < -0.3 is 14.4 Å². The van der Waals surface area contributed by atoms with Crippen LogP contribution in [0.5, 0.6) is 0 Å². The second-order valence-corrected chi connectivity index (χ2v) is 9.20. The number of nitrogens with zero attached hydrogens (tertiary/aromatic N) is 1. The third-order valence-corrected chi connectivity index (χ3v) is 6.26. The number of unbranched alkanes of at least 4 members (excludes halogenated alkanes) is 2. The van der Waals surface area contributed by atoms with Gasteiger partial charge in [-0.2, -0.15) is 0 Å². The maximum atomic E-state index is 12.7. The fraction of sp³-hybridized carbons (Fsp3) is 0.360. The normalized spacial score (nSPS) is 12.3. The minimum Gasteiger partial charge on any atom is -0.372 e. The van der Waals surface area contributed by atoms with E-state index in [0.717, 1.165) is 36.9 Å². The molecule has 0 N–H and O–H groups in total. The van der Waals surface area contributed by atoms with Crippen molar-refractivity contribution in [3.8, 4) is 0 Å². The summed E-state index contributed by atoms with van der Waals surface area (Å²) in [5, 5.41) is 1.31. The molecule has 2 rings (SSSR count). The van der Waals surface area contributed by atoms with Crippen molar-refractivity contribution >= 4 is 9.84 Å². The van der Waals surface area contributed by atoms with Crippen LogP contribution < -0.4 is 0 Å². The lowest BCUT2D eigenvalue weighted by atomic mass is 10.2. The van der Waals surface area contributed by atoms with Gasteiger partial charge >= 0.3 is 0 Å². The van der Waals surface area contributed by atoms with Crippen LogP contribution in [-0.4, -0.2) is 40.4 Å². The number of methoxy groups -OCH3 is 2. The first-order valence-electron chi connectivity index (χ1n) is 10.4. The third kappa shape index (κ3) is 9.09. The molecule has 0 aliphatic rings. The fourth-order valence-electron chi connectivity index (χ4n) is 3.03. The Hall–Kier alpha value is -2.41. The second kappa shape index (κ2) is 13.1. The van der Waals surface area contributed by atoms with Crippen LogP contribution in [0.4, 0.5) is 0 Å². The van der Waals surface area contributed by atoms with Gasteiger partial charge in [0, 0.05) is 33.5 Å². The molecule has 2 aromatic carbocycles.